The second-order valence-corrected chi connectivity index (χ2v) is 5.93. The zero-order valence-corrected chi connectivity index (χ0v) is 13.8. The molecule has 0 fully saturated rings. The highest BCUT2D eigenvalue weighted by molar-refractivity contribution is 5.93. The van der Waals surface area contributed by atoms with E-state index in [1.165, 1.54) is 21.8 Å². The Morgan fingerprint density at radius 2 is 2.08 bits per heavy atom. The second-order valence-electron chi connectivity index (χ2n) is 5.93. The first-order chi connectivity index (χ1) is 12.0. The molecule has 0 radical (unpaired) electrons. The first-order valence-corrected chi connectivity index (χ1v) is 7.75. The van der Waals surface area contributed by atoms with Crippen molar-refractivity contribution in [3.63, 3.8) is 0 Å². The van der Waals surface area contributed by atoms with E-state index < -0.39 is 0 Å². The van der Waals surface area contributed by atoms with Crippen LogP contribution in [0, 0.1) is 0 Å². The van der Waals surface area contributed by atoms with Crippen molar-refractivity contribution < 1.29 is 4.79 Å². The van der Waals surface area contributed by atoms with Crippen molar-refractivity contribution in [3.8, 4) is 0 Å². The lowest BCUT2D eigenvalue weighted by molar-refractivity contribution is -0.116. The molecule has 0 saturated carbocycles. The number of nitrogens with zero attached hydrogens (tertiary/aromatic N) is 5. The van der Waals surface area contributed by atoms with Gasteiger partial charge in [-0.25, -0.2) is 4.98 Å². The summed E-state index contributed by atoms with van der Waals surface area (Å²) in [6.07, 6.45) is 4.79. The number of amides is 1. The fraction of sp³-hybridized carbons (Fsp3) is 0.176. The van der Waals surface area contributed by atoms with Crippen LogP contribution in [-0.2, 0) is 25.4 Å². The molecule has 3 heterocycles. The van der Waals surface area contributed by atoms with E-state index in [-0.39, 0.29) is 18.0 Å². The zero-order chi connectivity index (χ0) is 17.6. The lowest BCUT2D eigenvalue weighted by atomic mass is 10.2. The van der Waals surface area contributed by atoms with Crippen molar-refractivity contribution in [1.82, 2.24) is 23.9 Å². The Kier molecular flexibility index (Phi) is 3.38. The van der Waals surface area contributed by atoms with Gasteiger partial charge in [-0.15, -0.1) is 0 Å². The molecule has 1 amide bonds. The molecule has 0 saturated heterocycles. The molecule has 0 atom stereocenters. The largest absolute Gasteiger partial charge is 0.350 e. The molecule has 0 bridgehead atoms. The van der Waals surface area contributed by atoms with E-state index in [0.29, 0.717) is 16.7 Å². The lowest BCUT2D eigenvalue weighted by Gasteiger charge is -2.08. The molecule has 0 unspecified atom stereocenters. The van der Waals surface area contributed by atoms with Gasteiger partial charge in [0.15, 0.2) is 5.65 Å². The lowest BCUT2D eigenvalue weighted by Crippen LogP contribution is -2.27. The number of nitrogens with one attached hydrogen (secondary N) is 1. The monoisotopic (exact) mass is 336 g/mol. The van der Waals surface area contributed by atoms with Crippen molar-refractivity contribution in [2.24, 2.45) is 14.1 Å². The Hall–Kier alpha value is -3.42. The Balaban J connectivity index is 1.58. The summed E-state index contributed by atoms with van der Waals surface area (Å²) in [6.45, 7) is -0.109. The van der Waals surface area contributed by atoms with E-state index in [4.69, 9.17) is 0 Å². The molecule has 126 valence electrons. The number of rotatable bonds is 3. The van der Waals surface area contributed by atoms with Crippen LogP contribution in [-0.4, -0.2) is 29.8 Å². The standard InChI is InChI=1S/C17H16N6O2/c1-21-6-5-11-3-4-12(7-14(11)21)20-15(24)9-23-10-18-16-13(17(23)25)8-19-22(16)2/h3-8,10H,9H2,1-2H3,(H,20,24). The van der Waals surface area contributed by atoms with Crippen molar-refractivity contribution in [2.45, 2.75) is 6.54 Å². The van der Waals surface area contributed by atoms with Crippen molar-refractivity contribution >= 4 is 33.5 Å². The van der Waals surface area contributed by atoms with Crippen LogP contribution in [0.25, 0.3) is 21.9 Å². The molecule has 4 aromatic rings. The average molecular weight is 336 g/mol. The van der Waals surface area contributed by atoms with Crippen molar-refractivity contribution in [3.05, 3.63) is 53.3 Å². The van der Waals surface area contributed by atoms with Crippen LogP contribution in [0.5, 0.6) is 0 Å². The van der Waals surface area contributed by atoms with Gasteiger partial charge in [0.2, 0.25) is 5.91 Å². The normalized spacial score (nSPS) is 11.3. The van der Waals surface area contributed by atoms with Crippen molar-refractivity contribution in [2.75, 3.05) is 5.32 Å². The van der Waals surface area contributed by atoms with E-state index >= 15 is 0 Å². The molecular weight excluding hydrogens is 320 g/mol. The van der Waals surface area contributed by atoms with Crippen LogP contribution in [0.3, 0.4) is 0 Å². The first-order valence-electron chi connectivity index (χ1n) is 7.75. The Morgan fingerprint density at radius 3 is 2.92 bits per heavy atom. The van der Waals surface area contributed by atoms with Gasteiger partial charge in [0.05, 0.1) is 6.20 Å². The summed E-state index contributed by atoms with van der Waals surface area (Å²) in [5, 5.41) is 8.33. The topological polar surface area (TPSA) is 86.7 Å². The summed E-state index contributed by atoms with van der Waals surface area (Å²) >= 11 is 0. The zero-order valence-electron chi connectivity index (χ0n) is 13.8. The number of hydrogen-bond acceptors (Lipinski definition) is 4. The maximum Gasteiger partial charge on any atom is 0.264 e. The summed E-state index contributed by atoms with van der Waals surface area (Å²) in [4.78, 5) is 28.9. The third-order valence-electron chi connectivity index (χ3n) is 4.20. The number of carbonyl (C=O) groups excluding carboxylic acids is 1. The molecule has 0 aliphatic heterocycles. The van der Waals surface area contributed by atoms with E-state index in [1.807, 2.05) is 42.1 Å². The molecule has 1 aromatic carbocycles. The minimum Gasteiger partial charge on any atom is -0.350 e. The van der Waals surface area contributed by atoms with Gasteiger partial charge < -0.3 is 9.88 Å². The summed E-state index contributed by atoms with van der Waals surface area (Å²) in [6, 6.07) is 7.69. The van der Waals surface area contributed by atoms with E-state index in [9.17, 15) is 9.59 Å². The van der Waals surface area contributed by atoms with E-state index in [2.05, 4.69) is 15.4 Å². The molecule has 25 heavy (non-hydrogen) atoms. The van der Waals surface area contributed by atoms with Gasteiger partial charge in [-0.05, 0) is 23.6 Å². The Labute approximate surface area is 142 Å². The first kappa shape index (κ1) is 15.1. The van der Waals surface area contributed by atoms with Gasteiger partial charge in [0, 0.05) is 31.5 Å². The highest BCUT2D eigenvalue weighted by Gasteiger charge is 2.11. The van der Waals surface area contributed by atoms with Gasteiger partial charge in [-0.1, -0.05) is 6.07 Å². The molecular formula is C17H16N6O2. The molecule has 4 rings (SSSR count). The number of aromatic nitrogens is 5. The number of hydrogen-bond donors (Lipinski definition) is 1. The molecule has 0 aliphatic carbocycles. The van der Waals surface area contributed by atoms with Gasteiger partial charge in [-0.3, -0.25) is 18.8 Å². The van der Waals surface area contributed by atoms with Crippen LogP contribution in [0.15, 0.2) is 47.8 Å². The smallest absolute Gasteiger partial charge is 0.264 e. The van der Waals surface area contributed by atoms with Crippen LogP contribution in [0.4, 0.5) is 5.69 Å². The predicted octanol–water partition coefficient (Wildman–Crippen LogP) is 1.26. The number of benzene rings is 1. The predicted molar refractivity (Wildman–Crippen MR) is 94.3 cm³/mol. The van der Waals surface area contributed by atoms with Gasteiger partial charge in [0.1, 0.15) is 18.3 Å². The third kappa shape index (κ3) is 2.57. The summed E-state index contributed by atoms with van der Waals surface area (Å²) in [5.74, 6) is -0.291. The Bertz CT molecular complexity index is 1170. The number of aryl methyl sites for hydroxylation is 2. The van der Waals surface area contributed by atoms with Gasteiger partial charge in [-0.2, -0.15) is 5.10 Å². The van der Waals surface area contributed by atoms with E-state index in [0.717, 1.165) is 10.9 Å². The number of carbonyl (C=O) groups is 1. The van der Waals surface area contributed by atoms with Crippen LogP contribution < -0.4 is 10.9 Å². The van der Waals surface area contributed by atoms with E-state index in [1.54, 1.807) is 7.05 Å². The van der Waals surface area contributed by atoms with Crippen LogP contribution >= 0.6 is 0 Å². The third-order valence-corrected chi connectivity index (χ3v) is 4.20. The maximum atomic E-state index is 12.4. The van der Waals surface area contributed by atoms with Gasteiger partial charge >= 0.3 is 0 Å². The fourth-order valence-corrected chi connectivity index (χ4v) is 2.87. The van der Waals surface area contributed by atoms with Crippen molar-refractivity contribution in [1.29, 1.82) is 0 Å². The summed E-state index contributed by atoms with van der Waals surface area (Å²) < 4.78 is 4.78. The number of fused-ring (bicyclic) bond motifs is 2. The molecule has 0 aliphatic rings. The van der Waals surface area contributed by atoms with Crippen LogP contribution in [0.2, 0.25) is 0 Å². The summed E-state index contributed by atoms with van der Waals surface area (Å²) in [7, 11) is 3.66. The minimum absolute atomic E-state index is 0.109. The molecule has 8 heteroatoms. The average Bonchev–Trinajstić information content (AvgIpc) is 3.14. The number of anilines is 1. The van der Waals surface area contributed by atoms with Crippen LogP contribution in [0.1, 0.15) is 0 Å². The highest BCUT2D eigenvalue weighted by Crippen LogP contribution is 2.19. The second kappa shape index (κ2) is 5.59. The highest BCUT2D eigenvalue weighted by atomic mass is 16.2. The summed E-state index contributed by atoms with van der Waals surface area (Å²) in [5.41, 5.74) is 1.91. The quantitative estimate of drug-likeness (QED) is 0.610. The SMILES string of the molecule is Cn1ccc2ccc(NC(=O)Cn3cnc4c(cnn4C)c3=O)cc21. The Morgan fingerprint density at radius 1 is 1.24 bits per heavy atom. The minimum atomic E-state index is -0.291. The molecule has 3 aromatic heterocycles. The maximum absolute atomic E-state index is 12.4. The van der Waals surface area contributed by atoms with Gasteiger partial charge in [0.25, 0.3) is 5.56 Å². The fourth-order valence-electron chi connectivity index (χ4n) is 2.87. The molecule has 0 spiro atoms. The molecule has 8 nitrogen and oxygen atoms in total. The molecule has 1 N–H and O–H groups in total.